The first-order valence-corrected chi connectivity index (χ1v) is 12.4. The summed E-state index contributed by atoms with van der Waals surface area (Å²) in [4.78, 5) is 19.7. The van der Waals surface area contributed by atoms with Crippen LogP contribution in [0.2, 0.25) is 5.02 Å². The number of halogens is 8. The Morgan fingerprint density at radius 1 is 1.22 bits per heavy atom. The zero-order valence-electron chi connectivity index (χ0n) is 21.3. The van der Waals surface area contributed by atoms with Crippen molar-refractivity contribution in [3.05, 3.63) is 52.6 Å². The van der Waals surface area contributed by atoms with Crippen molar-refractivity contribution >= 4 is 29.2 Å². The largest absolute Gasteiger partial charge is 0.490 e. The summed E-state index contributed by atoms with van der Waals surface area (Å²) in [6, 6.07) is 5.80. The molecule has 0 spiro atoms. The third-order valence-electron chi connectivity index (χ3n) is 5.69. The van der Waals surface area contributed by atoms with Gasteiger partial charge in [0.05, 0.1) is 42.6 Å². The van der Waals surface area contributed by atoms with Gasteiger partial charge in [-0.25, -0.2) is 19.2 Å². The Labute approximate surface area is 233 Å². The molecule has 1 unspecified atom stereocenters. The lowest BCUT2D eigenvalue weighted by Crippen LogP contribution is -2.44. The highest BCUT2D eigenvalue weighted by Gasteiger charge is 2.38. The lowest BCUT2D eigenvalue weighted by atomic mass is 10.2. The number of alkyl halides is 6. The Bertz CT molecular complexity index is 1340. The number of carbonyl (C=O) groups is 1. The highest BCUT2D eigenvalue weighted by molar-refractivity contribution is 6.31. The molecule has 3 heterocycles. The summed E-state index contributed by atoms with van der Waals surface area (Å²) in [7, 11) is 0. The summed E-state index contributed by atoms with van der Waals surface area (Å²) >= 11 is 5.94. The van der Waals surface area contributed by atoms with Crippen molar-refractivity contribution in [2.45, 2.75) is 44.8 Å². The molecular formula is C24H24ClF7N6O3. The number of nitrogens with one attached hydrogen (secondary N) is 2. The Hall–Kier alpha value is -3.66. The molecule has 0 amide bonds. The van der Waals surface area contributed by atoms with E-state index in [1.54, 1.807) is 17.2 Å². The summed E-state index contributed by atoms with van der Waals surface area (Å²) in [6.45, 7) is 2.96. The number of benzene rings is 1. The lowest BCUT2D eigenvalue weighted by Gasteiger charge is -2.34. The van der Waals surface area contributed by atoms with Gasteiger partial charge in [-0.15, -0.1) is 0 Å². The van der Waals surface area contributed by atoms with Crippen LogP contribution in [0.1, 0.15) is 24.6 Å². The van der Waals surface area contributed by atoms with E-state index >= 15 is 0 Å². The molecular weight excluding hydrogens is 589 g/mol. The average molecular weight is 613 g/mol. The van der Waals surface area contributed by atoms with Gasteiger partial charge in [-0.3, -0.25) is 5.10 Å². The van der Waals surface area contributed by atoms with Crippen LogP contribution in [0.5, 0.6) is 0 Å². The molecule has 41 heavy (non-hydrogen) atoms. The van der Waals surface area contributed by atoms with Gasteiger partial charge < -0.3 is 20.1 Å². The van der Waals surface area contributed by atoms with E-state index in [9.17, 15) is 30.7 Å². The van der Waals surface area contributed by atoms with Crippen molar-refractivity contribution < 1.29 is 45.4 Å². The van der Waals surface area contributed by atoms with Crippen molar-refractivity contribution in [1.29, 1.82) is 0 Å². The van der Waals surface area contributed by atoms with Crippen molar-refractivity contribution in [2.24, 2.45) is 0 Å². The van der Waals surface area contributed by atoms with Crippen LogP contribution in [-0.2, 0) is 22.5 Å². The van der Waals surface area contributed by atoms with Gasteiger partial charge in [-0.1, -0.05) is 18.5 Å². The van der Waals surface area contributed by atoms with E-state index < -0.39 is 36.7 Å². The monoisotopic (exact) mass is 612 g/mol. The number of anilines is 2. The minimum Gasteiger partial charge on any atom is -0.475 e. The number of aliphatic carboxylic acids is 1. The van der Waals surface area contributed by atoms with Gasteiger partial charge in [-0.05, 0) is 30.2 Å². The molecule has 2 aromatic heterocycles. The summed E-state index contributed by atoms with van der Waals surface area (Å²) in [5.74, 6) is -2.18. The Balaban J connectivity index is 0.000000587. The number of aromatic nitrogens is 4. The molecule has 4 rings (SSSR count). The fraction of sp³-hybridized carbons (Fsp3) is 0.417. The molecule has 1 aromatic carbocycles. The third kappa shape index (κ3) is 9.45. The van der Waals surface area contributed by atoms with Crippen LogP contribution in [0, 0.1) is 5.82 Å². The second kappa shape index (κ2) is 13.3. The molecule has 0 radical (unpaired) electrons. The molecule has 0 saturated carbocycles. The van der Waals surface area contributed by atoms with Crippen LogP contribution in [0.15, 0.2) is 30.5 Å². The van der Waals surface area contributed by atoms with Gasteiger partial charge in [0.15, 0.2) is 5.82 Å². The smallest absolute Gasteiger partial charge is 0.475 e. The lowest BCUT2D eigenvalue weighted by molar-refractivity contribution is -0.192. The molecule has 1 saturated heterocycles. The van der Waals surface area contributed by atoms with Crippen LogP contribution >= 0.6 is 11.6 Å². The molecule has 224 valence electrons. The minimum absolute atomic E-state index is 0.0279. The Morgan fingerprint density at radius 2 is 1.93 bits per heavy atom. The number of aryl methyl sites for hydroxylation is 1. The van der Waals surface area contributed by atoms with E-state index in [0.717, 1.165) is 17.7 Å². The molecule has 9 nitrogen and oxygen atoms in total. The van der Waals surface area contributed by atoms with Crippen molar-refractivity contribution in [3.63, 3.8) is 0 Å². The second-order valence-corrected chi connectivity index (χ2v) is 9.11. The van der Waals surface area contributed by atoms with Crippen LogP contribution in [-0.4, -0.2) is 69.4 Å². The minimum atomic E-state index is -5.08. The average Bonchev–Trinajstić information content (AvgIpc) is 3.35. The second-order valence-electron chi connectivity index (χ2n) is 8.71. The van der Waals surface area contributed by atoms with Gasteiger partial charge >= 0.3 is 18.3 Å². The Morgan fingerprint density at radius 3 is 2.54 bits per heavy atom. The molecule has 17 heteroatoms. The fourth-order valence-electron chi connectivity index (χ4n) is 3.73. The van der Waals surface area contributed by atoms with E-state index in [4.69, 9.17) is 26.2 Å². The number of carboxylic acids is 1. The molecule has 1 atom stereocenters. The van der Waals surface area contributed by atoms with Crippen LogP contribution in [0.4, 0.5) is 42.4 Å². The number of nitrogens with zero attached hydrogens (tertiary/aromatic N) is 4. The highest BCUT2D eigenvalue weighted by atomic mass is 35.5. The van der Waals surface area contributed by atoms with Crippen LogP contribution < -0.4 is 10.2 Å². The molecule has 1 fully saturated rings. The number of aromatic amines is 1. The number of rotatable bonds is 7. The summed E-state index contributed by atoms with van der Waals surface area (Å²) < 4.78 is 89.4. The maximum absolute atomic E-state index is 13.7. The SMILES string of the molecule is CCc1cn[nH]c1CNc1cc(N2CCOC(CC(F)(F)F)C2)nc(-c2ccc(F)c(Cl)c2)n1.O=C(O)C(F)(F)F. The van der Waals surface area contributed by atoms with Gasteiger partial charge in [0.1, 0.15) is 17.5 Å². The highest BCUT2D eigenvalue weighted by Crippen LogP contribution is 2.29. The standard InChI is InChI=1S/C22H23ClF4N6O.C2HF3O2/c1-2-13-10-29-32-18(13)11-28-19-8-20(33-5-6-34-15(12-33)9-22(25,26)27)31-21(30-19)14-3-4-17(24)16(23)7-14;3-2(4,5)1(6)7/h3-4,7-8,10,15H,2,5-6,9,11-12H2,1H3,(H,29,32)(H,28,30,31);(H,6,7). The van der Waals surface area contributed by atoms with Gasteiger partial charge in [0, 0.05) is 24.7 Å². The van der Waals surface area contributed by atoms with Crippen LogP contribution in [0.25, 0.3) is 11.4 Å². The first-order valence-electron chi connectivity index (χ1n) is 12.0. The zero-order chi connectivity index (χ0) is 30.4. The molecule has 1 aliphatic heterocycles. The summed E-state index contributed by atoms with van der Waals surface area (Å²) in [5.41, 5.74) is 2.42. The number of carboxylic acid groups (broad SMARTS) is 1. The number of hydrogen-bond donors (Lipinski definition) is 3. The first-order chi connectivity index (χ1) is 19.2. The topological polar surface area (TPSA) is 116 Å². The number of H-pyrrole nitrogens is 1. The van der Waals surface area contributed by atoms with E-state index in [1.807, 2.05) is 6.92 Å². The molecule has 3 aromatic rings. The fourth-order valence-corrected chi connectivity index (χ4v) is 3.92. The normalized spacial score (nSPS) is 15.7. The first kappa shape index (κ1) is 31.9. The van der Waals surface area contributed by atoms with Crippen molar-refractivity contribution in [3.8, 4) is 11.4 Å². The van der Waals surface area contributed by atoms with E-state index in [1.165, 1.54) is 18.2 Å². The molecule has 0 aliphatic carbocycles. The quantitative estimate of drug-likeness (QED) is 0.294. The van der Waals surface area contributed by atoms with E-state index in [0.29, 0.717) is 30.3 Å². The van der Waals surface area contributed by atoms with Gasteiger partial charge in [-0.2, -0.15) is 31.4 Å². The predicted molar refractivity (Wildman–Crippen MR) is 134 cm³/mol. The van der Waals surface area contributed by atoms with Gasteiger partial charge in [0.2, 0.25) is 0 Å². The number of morpholine rings is 1. The Kier molecular flexibility index (Phi) is 10.4. The maximum Gasteiger partial charge on any atom is 0.490 e. The summed E-state index contributed by atoms with van der Waals surface area (Å²) in [6.07, 6.45) is -8.90. The number of ether oxygens (including phenoxy) is 1. The molecule has 3 N–H and O–H groups in total. The maximum atomic E-state index is 13.7. The molecule has 1 aliphatic rings. The predicted octanol–water partition coefficient (Wildman–Crippen LogP) is 5.62. The summed E-state index contributed by atoms with van der Waals surface area (Å²) in [5, 5.41) is 17.3. The van der Waals surface area contributed by atoms with E-state index in [2.05, 4.69) is 25.5 Å². The van der Waals surface area contributed by atoms with Crippen molar-refractivity contribution in [1.82, 2.24) is 20.2 Å². The van der Waals surface area contributed by atoms with Crippen molar-refractivity contribution in [2.75, 3.05) is 29.9 Å². The molecule has 0 bridgehead atoms. The zero-order valence-corrected chi connectivity index (χ0v) is 22.0. The number of hydrogen-bond acceptors (Lipinski definition) is 7. The third-order valence-corrected chi connectivity index (χ3v) is 5.98. The van der Waals surface area contributed by atoms with Crippen LogP contribution in [0.3, 0.4) is 0 Å². The van der Waals surface area contributed by atoms with Gasteiger partial charge in [0.25, 0.3) is 0 Å². The van der Waals surface area contributed by atoms with E-state index in [-0.39, 0.29) is 24.0 Å².